The number of benzene rings is 1. The zero-order valence-corrected chi connectivity index (χ0v) is 12.2. The van der Waals surface area contributed by atoms with Crippen LogP contribution in [-0.2, 0) is 12.8 Å². The van der Waals surface area contributed by atoms with Crippen LogP contribution < -0.4 is 10.6 Å². The van der Waals surface area contributed by atoms with E-state index in [4.69, 9.17) is 0 Å². The van der Waals surface area contributed by atoms with Gasteiger partial charge in [0.1, 0.15) is 0 Å². The highest BCUT2D eigenvalue weighted by Gasteiger charge is 2.26. The van der Waals surface area contributed by atoms with Crippen molar-refractivity contribution in [2.24, 2.45) is 0 Å². The van der Waals surface area contributed by atoms with Gasteiger partial charge in [-0.2, -0.15) is 0 Å². The van der Waals surface area contributed by atoms with E-state index in [1.807, 2.05) is 13.8 Å². The Labute approximate surface area is 118 Å². The number of H-pyrrole nitrogens is 1. The van der Waals surface area contributed by atoms with Crippen LogP contribution in [-0.4, -0.2) is 23.1 Å². The van der Waals surface area contributed by atoms with E-state index in [1.54, 1.807) is 0 Å². The molecule has 1 atom stereocenters. The monoisotopic (exact) mass is 271 g/mol. The Bertz CT molecular complexity index is 657. The minimum absolute atomic E-state index is 0.0735. The number of fused-ring (bicyclic) bond motifs is 3. The molecule has 106 valence electrons. The lowest BCUT2D eigenvalue weighted by Crippen LogP contribution is -2.45. The van der Waals surface area contributed by atoms with Crippen molar-refractivity contribution in [2.45, 2.75) is 45.7 Å². The molecule has 1 heterocycles. The van der Waals surface area contributed by atoms with E-state index >= 15 is 0 Å². The molecule has 2 amide bonds. The summed E-state index contributed by atoms with van der Waals surface area (Å²) in [4.78, 5) is 15.2. The average Bonchev–Trinajstić information content (AvgIpc) is 2.85. The van der Waals surface area contributed by atoms with E-state index in [0.717, 1.165) is 12.8 Å². The number of aryl methyl sites for hydroxylation is 1. The molecule has 0 spiro atoms. The Morgan fingerprint density at radius 1 is 1.35 bits per heavy atom. The predicted molar refractivity (Wildman–Crippen MR) is 81.0 cm³/mol. The quantitative estimate of drug-likeness (QED) is 0.772. The third-order valence-corrected chi connectivity index (χ3v) is 3.81. The minimum Gasteiger partial charge on any atom is -0.358 e. The third kappa shape index (κ3) is 2.38. The number of carbonyl (C=O) groups is 1. The first kappa shape index (κ1) is 13.0. The van der Waals surface area contributed by atoms with Gasteiger partial charge in [0.2, 0.25) is 0 Å². The summed E-state index contributed by atoms with van der Waals surface area (Å²) in [6.45, 7) is 6.04. The summed E-state index contributed by atoms with van der Waals surface area (Å²) >= 11 is 0. The van der Waals surface area contributed by atoms with Gasteiger partial charge < -0.3 is 15.6 Å². The summed E-state index contributed by atoms with van der Waals surface area (Å²) in [6.07, 6.45) is 1.79. The van der Waals surface area contributed by atoms with Crippen molar-refractivity contribution in [1.29, 1.82) is 0 Å². The summed E-state index contributed by atoms with van der Waals surface area (Å²) in [5.41, 5.74) is 5.10. The number of aromatic amines is 1. The van der Waals surface area contributed by atoms with Gasteiger partial charge in [-0.25, -0.2) is 4.79 Å². The van der Waals surface area contributed by atoms with Gasteiger partial charge in [0.25, 0.3) is 0 Å². The molecule has 0 bridgehead atoms. The molecule has 0 fully saturated rings. The van der Waals surface area contributed by atoms with Crippen LogP contribution in [0.25, 0.3) is 10.9 Å². The standard InChI is InChI=1S/C16H21N3O/c1-9(2)17-16(20)18-11-7-13-12-6-10(3)4-5-14(12)19-15(13)8-11/h4-6,9,11,19H,7-8H2,1-3H3,(H2,17,18,20). The van der Waals surface area contributed by atoms with Crippen molar-refractivity contribution in [1.82, 2.24) is 15.6 Å². The summed E-state index contributed by atoms with van der Waals surface area (Å²) in [5.74, 6) is 0. The van der Waals surface area contributed by atoms with Crippen LogP contribution >= 0.6 is 0 Å². The van der Waals surface area contributed by atoms with E-state index in [2.05, 4.69) is 40.7 Å². The fourth-order valence-corrected chi connectivity index (χ4v) is 2.98. The molecule has 0 saturated carbocycles. The first-order chi connectivity index (χ1) is 9.52. The molecule has 1 aliphatic rings. The molecule has 1 aromatic carbocycles. The first-order valence-electron chi connectivity index (χ1n) is 7.20. The summed E-state index contributed by atoms with van der Waals surface area (Å²) in [6, 6.07) is 6.77. The van der Waals surface area contributed by atoms with Gasteiger partial charge in [0.05, 0.1) is 0 Å². The number of rotatable bonds is 2. The van der Waals surface area contributed by atoms with Gasteiger partial charge in [-0.3, -0.25) is 0 Å². The number of hydrogen-bond acceptors (Lipinski definition) is 1. The van der Waals surface area contributed by atoms with Crippen LogP contribution in [0.3, 0.4) is 0 Å². The summed E-state index contributed by atoms with van der Waals surface area (Å²) < 4.78 is 0. The Balaban J connectivity index is 1.76. The maximum absolute atomic E-state index is 11.8. The molecule has 1 unspecified atom stereocenters. The number of urea groups is 1. The lowest BCUT2D eigenvalue weighted by molar-refractivity contribution is 0.235. The highest BCUT2D eigenvalue weighted by Crippen LogP contribution is 2.30. The highest BCUT2D eigenvalue weighted by atomic mass is 16.2. The maximum atomic E-state index is 11.8. The number of nitrogens with one attached hydrogen (secondary N) is 3. The van der Waals surface area contributed by atoms with Crippen LogP contribution in [0.4, 0.5) is 4.79 Å². The Morgan fingerprint density at radius 2 is 2.15 bits per heavy atom. The SMILES string of the molecule is Cc1ccc2[nH]c3c(c2c1)CC(NC(=O)NC(C)C)C3. The number of amides is 2. The minimum atomic E-state index is -0.0735. The van der Waals surface area contributed by atoms with E-state index in [0.29, 0.717) is 0 Å². The van der Waals surface area contributed by atoms with Gasteiger partial charge in [-0.15, -0.1) is 0 Å². The predicted octanol–water partition coefficient (Wildman–Crippen LogP) is 2.65. The van der Waals surface area contributed by atoms with Crippen molar-refractivity contribution in [3.63, 3.8) is 0 Å². The second-order valence-corrected chi connectivity index (χ2v) is 6.01. The fourth-order valence-electron chi connectivity index (χ4n) is 2.98. The molecule has 0 radical (unpaired) electrons. The molecule has 0 saturated heterocycles. The largest absolute Gasteiger partial charge is 0.358 e. The Hall–Kier alpha value is -1.97. The lowest BCUT2D eigenvalue weighted by Gasteiger charge is -2.15. The van der Waals surface area contributed by atoms with Crippen molar-refractivity contribution >= 4 is 16.9 Å². The molecule has 0 aliphatic heterocycles. The van der Waals surface area contributed by atoms with Crippen molar-refractivity contribution < 1.29 is 4.79 Å². The normalized spacial score (nSPS) is 17.5. The summed E-state index contributed by atoms with van der Waals surface area (Å²) in [5, 5.41) is 7.23. The lowest BCUT2D eigenvalue weighted by atomic mass is 10.1. The van der Waals surface area contributed by atoms with Crippen LogP contribution in [0.1, 0.15) is 30.7 Å². The van der Waals surface area contributed by atoms with Crippen molar-refractivity contribution in [2.75, 3.05) is 0 Å². The van der Waals surface area contributed by atoms with Crippen LogP contribution in [0, 0.1) is 6.92 Å². The van der Waals surface area contributed by atoms with E-state index in [-0.39, 0.29) is 18.1 Å². The molecular formula is C16H21N3O. The summed E-state index contributed by atoms with van der Waals surface area (Å²) in [7, 11) is 0. The van der Waals surface area contributed by atoms with Crippen molar-refractivity contribution in [3.8, 4) is 0 Å². The Kier molecular flexibility index (Phi) is 3.16. The van der Waals surface area contributed by atoms with Crippen LogP contribution in [0.5, 0.6) is 0 Å². The van der Waals surface area contributed by atoms with Crippen LogP contribution in [0.15, 0.2) is 18.2 Å². The highest BCUT2D eigenvalue weighted by molar-refractivity contribution is 5.86. The molecular weight excluding hydrogens is 250 g/mol. The molecule has 2 aromatic rings. The number of carbonyl (C=O) groups excluding carboxylic acids is 1. The molecule has 4 heteroatoms. The van der Waals surface area contributed by atoms with Crippen molar-refractivity contribution in [3.05, 3.63) is 35.0 Å². The smallest absolute Gasteiger partial charge is 0.315 e. The zero-order chi connectivity index (χ0) is 14.3. The maximum Gasteiger partial charge on any atom is 0.315 e. The molecule has 20 heavy (non-hydrogen) atoms. The first-order valence-corrected chi connectivity index (χ1v) is 7.20. The average molecular weight is 271 g/mol. The third-order valence-electron chi connectivity index (χ3n) is 3.81. The van der Waals surface area contributed by atoms with Gasteiger partial charge >= 0.3 is 6.03 Å². The van der Waals surface area contributed by atoms with Gasteiger partial charge in [0, 0.05) is 35.1 Å². The number of hydrogen-bond donors (Lipinski definition) is 3. The van der Waals surface area contributed by atoms with E-state index in [9.17, 15) is 4.79 Å². The molecule has 4 nitrogen and oxygen atoms in total. The van der Waals surface area contributed by atoms with Gasteiger partial charge in [0.15, 0.2) is 0 Å². The molecule has 3 rings (SSSR count). The van der Waals surface area contributed by atoms with E-state index in [1.165, 1.54) is 27.7 Å². The second kappa shape index (κ2) is 4.85. The zero-order valence-electron chi connectivity index (χ0n) is 12.2. The topological polar surface area (TPSA) is 56.9 Å². The van der Waals surface area contributed by atoms with E-state index < -0.39 is 0 Å². The second-order valence-electron chi connectivity index (χ2n) is 6.01. The Morgan fingerprint density at radius 3 is 2.90 bits per heavy atom. The molecule has 1 aliphatic carbocycles. The molecule has 3 N–H and O–H groups in total. The van der Waals surface area contributed by atoms with Crippen LogP contribution in [0.2, 0.25) is 0 Å². The fraction of sp³-hybridized carbons (Fsp3) is 0.438. The number of aromatic nitrogens is 1. The van der Waals surface area contributed by atoms with Gasteiger partial charge in [-0.05, 0) is 44.9 Å². The molecule has 1 aromatic heterocycles. The van der Waals surface area contributed by atoms with Gasteiger partial charge in [-0.1, -0.05) is 11.6 Å².